The number of fused-ring (bicyclic) bond motifs is 3. The van der Waals surface area contributed by atoms with Gasteiger partial charge >= 0.3 is 24.5 Å². The van der Waals surface area contributed by atoms with Gasteiger partial charge in [0, 0.05) is 33.9 Å². The maximum absolute atomic E-state index is 13.6. The SMILES string of the molecule is COC(=O)N(Cc1cc(C(F)(F)F)cc(C(F)(F)F)c1)[C@@H]1C[C@H](C)N(C(=O)OC(C)C)c2c1cc(Cl)c1ccccc21. The third-order valence-corrected chi connectivity index (χ3v) is 7.23. The van der Waals surface area contributed by atoms with Gasteiger partial charge in [-0.15, -0.1) is 0 Å². The van der Waals surface area contributed by atoms with Crippen LogP contribution in [0.2, 0.25) is 5.02 Å². The molecule has 3 aromatic rings. The van der Waals surface area contributed by atoms with Crippen LogP contribution < -0.4 is 4.90 Å². The third-order valence-electron chi connectivity index (χ3n) is 6.92. The highest BCUT2D eigenvalue weighted by Gasteiger charge is 2.42. The molecule has 0 N–H and O–H groups in total. The lowest BCUT2D eigenvalue weighted by atomic mass is 9.87. The largest absolute Gasteiger partial charge is 0.453 e. The molecule has 0 saturated heterocycles. The van der Waals surface area contributed by atoms with Gasteiger partial charge in [-0.25, -0.2) is 9.59 Å². The molecule has 1 heterocycles. The summed E-state index contributed by atoms with van der Waals surface area (Å²) in [6.07, 6.45) is -12.2. The van der Waals surface area contributed by atoms with Gasteiger partial charge in [0.25, 0.3) is 0 Å². The van der Waals surface area contributed by atoms with Crippen molar-refractivity contribution in [2.24, 2.45) is 0 Å². The van der Waals surface area contributed by atoms with Gasteiger partial charge in [0.2, 0.25) is 0 Å². The molecule has 3 aromatic carbocycles. The lowest BCUT2D eigenvalue weighted by molar-refractivity contribution is -0.143. The summed E-state index contributed by atoms with van der Waals surface area (Å²) >= 11 is 6.61. The number of ether oxygens (including phenoxy) is 2. The van der Waals surface area contributed by atoms with Crippen LogP contribution in [-0.4, -0.2) is 36.3 Å². The van der Waals surface area contributed by atoms with E-state index in [9.17, 15) is 35.9 Å². The van der Waals surface area contributed by atoms with Crippen molar-refractivity contribution in [2.75, 3.05) is 12.0 Å². The second-order valence-corrected chi connectivity index (χ2v) is 10.7. The van der Waals surface area contributed by atoms with Gasteiger partial charge in [-0.2, -0.15) is 26.3 Å². The second-order valence-electron chi connectivity index (χ2n) is 10.3. The van der Waals surface area contributed by atoms with Crippen LogP contribution in [0.1, 0.15) is 55.5 Å². The molecule has 1 aliphatic heterocycles. The molecular weight excluding hydrogens is 590 g/mol. The fourth-order valence-electron chi connectivity index (χ4n) is 5.19. The van der Waals surface area contributed by atoms with E-state index in [1.807, 2.05) is 0 Å². The Hall–Kier alpha value is -3.67. The third kappa shape index (κ3) is 6.23. The number of rotatable bonds is 4. The zero-order valence-electron chi connectivity index (χ0n) is 22.9. The van der Waals surface area contributed by atoms with Crippen LogP contribution in [0.4, 0.5) is 41.6 Å². The lowest BCUT2D eigenvalue weighted by Gasteiger charge is -2.43. The summed E-state index contributed by atoms with van der Waals surface area (Å²) in [5.74, 6) is 0. The van der Waals surface area contributed by atoms with Crippen molar-refractivity contribution in [3.63, 3.8) is 0 Å². The van der Waals surface area contributed by atoms with Crippen LogP contribution in [0.15, 0.2) is 48.5 Å². The van der Waals surface area contributed by atoms with Crippen molar-refractivity contribution in [3.05, 3.63) is 75.8 Å². The highest BCUT2D eigenvalue weighted by Crippen LogP contribution is 2.47. The average molecular weight is 617 g/mol. The van der Waals surface area contributed by atoms with Gasteiger partial charge in [0.1, 0.15) is 0 Å². The van der Waals surface area contributed by atoms with Gasteiger partial charge in [-0.05, 0) is 57.0 Å². The average Bonchev–Trinajstić information content (AvgIpc) is 2.90. The molecule has 6 nitrogen and oxygen atoms in total. The van der Waals surface area contributed by atoms with Crippen LogP contribution in [0.5, 0.6) is 0 Å². The molecule has 13 heteroatoms. The minimum absolute atomic E-state index is 0.0219. The van der Waals surface area contributed by atoms with Crippen molar-refractivity contribution in [1.82, 2.24) is 4.90 Å². The molecule has 2 atom stereocenters. The summed E-state index contributed by atoms with van der Waals surface area (Å²) in [7, 11) is 1.05. The van der Waals surface area contributed by atoms with E-state index in [4.69, 9.17) is 21.1 Å². The van der Waals surface area contributed by atoms with Gasteiger partial charge < -0.3 is 9.47 Å². The number of halogens is 7. The first-order valence-electron chi connectivity index (χ1n) is 12.9. The molecule has 226 valence electrons. The van der Waals surface area contributed by atoms with Crippen molar-refractivity contribution < 1.29 is 45.4 Å². The predicted molar refractivity (Wildman–Crippen MR) is 144 cm³/mol. The maximum atomic E-state index is 13.6. The Morgan fingerprint density at radius 1 is 1.00 bits per heavy atom. The number of hydrogen-bond acceptors (Lipinski definition) is 4. The summed E-state index contributed by atoms with van der Waals surface area (Å²) < 4.78 is 91.8. The Balaban J connectivity index is 1.91. The minimum Gasteiger partial charge on any atom is -0.453 e. The van der Waals surface area contributed by atoms with Crippen molar-refractivity contribution in [3.8, 4) is 0 Å². The van der Waals surface area contributed by atoms with Crippen LogP contribution in [0.3, 0.4) is 0 Å². The highest BCUT2D eigenvalue weighted by atomic mass is 35.5. The molecule has 4 rings (SSSR count). The molecule has 0 spiro atoms. The Bertz CT molecular complexity index is 1480. The van der Waals surface area contributed by atoms with E-state index in [0.29, 0.717) is 34.2 Å². The fourth-order valence-corrected chi connectivity index (χ4v) is 5.47. The van der Waals surface area contributed by atoms with Gasteiger partial charge in [0.15, 0.2) is 0 Å². The van der Waals surface area contributed by atoms with Crippen LogP contribution in [0, 0.1) is 0 Å². The Morgan fingerprint density at radius 2 is 1.57 bits per heavy atom. The first-order chi connectivity index (χ1) is 19.5. The fraction of sp³-hybridized carbons (Fsp3) is 0.379. The summed E-state index contributed by atoms with van der Waals surface area (Å²) in [5.41, 5.74) is -2.72. The van der Waals surface area contributed by atoms with Gasteiger partial charge in [-0.1, -0.05) is 35.9 Å². The molecule has 0 bridgehead atoms. The predicted octanol–water partition coefficient (Wildman–Crippen LogP) is 8.98. The molecule has 2 amide bonds. The van der Waals surface area contributed by atoms with E-state index >= 15 is 0 Å². The molecule has 42 heavy (non-hydrogen) atoms. The molecule has 0 aliphatic carbocycles. The number of hydrogen-bond donors (Lipinski definition) is 0. The number of amides is 2. The quantitative estimate of drug-likeness (QED) is 0.275. The van der Waals surface area contributed by atoms with E-state index in [-0.39, 0.29) is 17.5 Å². The maximum Gasteiger partial charge on any atom is 0.416 e. The van der Waals surface area contributed by atoms with E-state index in [1.54, 1.807) is 45.0 Å². The van der Waals surface area contributed by atoms with Crippen molar-refractivity contribution in [2.45, 2.75) is 64.3 Å². The molecule has 0 saturated carbocycles. The topological polar surface area (TPSA) is 59.1 Å². The lowest BCUT2D eigenvalue weighted by Crippen LogP contribution is -2.48. The van der Waals surface area contributed by atoms with Crippen molar-refractivity contribution >= 4 is 40.2 Å². The Morgan fingerprint density at radius 3 is 2.10 bits per heavy atom. The highest BCUT2D eigenvalue weighted by molar-refractivity contribution is 6.36. The number of alkyl halides is 6. The van der Waals surface area contributed by atoms with Gasteiger partial charge in [0.05, 0.1) is 36.1 Å². The summed E-state index contributed by atoms with van der Waals surface area (Å²) in [6.45, 7) is 4.40. The van der Waals surface area contributed by atoms with E-state index in [0.717, 1.165) is 12.0 Å². The van der Waals surface area contributed by atoms with Crippen LogP contribution in [0.25, 0.3) is 10.8 Å². The number of benzene rings is 3. The molecule has 0 fully saturated rings. The Labute approximate surface area is 242 Å². The number of anilines is 1. The zero-order valence-corrected chi connectivity index (χ0v) is 23.7. The first kappa shape index (κ1) is 31.3. The smallest absolute Gasteiger partial charge is 0.416 e. The summed E-state index contributed by atoms with van der Waals surface area (Å²) in [4.78, 5) is 28.9. The summed E-state index contributed by atoms with van der Waals surface area (Å²) in [6, 6.07) is 8.05. The number of methoxy groups -OCH3 is 1. The zero-order chi connectivity index (χ0) is 31.1. The van der Waals surface area contributed by atoms with Crippen molar-refractivity contribution in [1.29, 1.82) is 0 Å². The van der Waals surface area contributed by atoms with E-state index in [2.05, 4.69) is 0 Å². The molecule has 0 radical (unpaired) electrons. The van der Waals surface area contributed by atoms with Gasteiger partial charge in [-0.3, -0.25) is 9.80 Å². The number of carbonyl (C=O) groups is 2. The Kier molecular flexibility index (Phi) is 8.59. The monoisotopic (exact) mass is 616 g/mol. The molecule has 1 aliphatic rings. The van der Waals surface area contributed by atoms with E-state index < -0.39 is 66.0 Å². The molecular formula is C29H27ClF6N2O4. The number of nitrogens with zero attached hydrogens (tertiary/aromatic N) is 2. The molecule has 0 aromatic heterocycles. The van der Waals surface area contributed by atoms with E-state index in [1.165, 1.54) is 11.0 Å². The molecule has 0 unspecified atom stereocenters. The summed E-state index contributed by atoms with van der Waals surface area (Å²) in [5, 5.41) is 1.40. The standard InChI is InChI=1S/C29H27ClF6N2O4/c1-15(2)42-27(40)38-16(3)9-24(22-13-23(30)20-7-5-6-8-21(20)25(22)38)37(26(39)41-4)14-17-10-18(28(31,32)33)12-19(11-17)29(34,35)36/h5-8,10-13,15-16,24H,9,14H2,1-4H3/t16-,24+/m0/s1. The van der Waals surface area contributed by atoms with Crippen LogP contribution >= 0.6 is 11.6 Å². The second kappa shape index (κ2) is 11.5. The minimum atomic E-state index is -5.07. The number of carbonyl (C=O) groups excluding carboxylic acids is 2. The normalized spacial score (nSPS) is 17.3. The van der Waals surface area contributed by atoms with Crippen LogP contribution in [-0.2, 0) is 28.4 Å². The first-order valence-corrected chi connectivity index (χ1v) is 13.2.